The van der Waals surface area contributed by atoms with Crippen molar-refractivity contribution in [3.63, 3.8) is 0 Å². The van der Waals surface area contributed by atoms with E-state index in [1.165, 1.54) is 12.5 Å². The highest BCUT2D eigenvalue weighted by Gasteiger charge is 2.36. The van der Waals surface area contributed by atoms with Crippen molar-refractivity contribution in [2.75, 3.05) is 0 Å². The Kier molecular flexibility index (Phi) is 5.94. The second kappa shape index (κ2) is 8.38. The quantitative estimate of drug-likeness (QED) is 0.743. The number of Topliss-reactive ketones (excluding diaryl/α,β-unsaturated/α-hetero) is 1. The summed E-state index contributed by atoms with van der Waals surface area (Å²) < 4.78 is 5.81. The predicted molar refractivity (Wildman–Crippen MR) is 106 cm³/mol. The van der Waals surface area contributed by atoms with Gasteiger partial charge in [-0.15, -0.1) is 0 Å². The molecular weight excluding hydrogens is 338 g/mol. The molecule has 27 heavy (non-hydrogen) atoms. The lowest BCUT2D eigenvalue weighted by atomic mass is 9.89. The first-order valence-electron chi connectivity index (χ1n) is 9.61. The first kappa shape index (κ1) is 19.2. The van der Waals surface area contributed by atoms with Crippen LogP contribution in [0.2, 0.25) is 0 Å². The van der Waals surface area contributed by atoms with E-state index in [1.54, 1.807) is 31.2 Å². The van der Waals surface area contributed by atoms with Gasteiger partial charge >= 0.3 is 0 Å². The number of ketones is 1. The number of carbonyl (C=O) groups is 2. The maximum absolute atomic E-state index is 12.8. The van der Waals surface area contributed by atoms with Gasteiger partial charge in [-0.2, -0.15) is 0 Å². The van der Waals surface area contributed by atoms with Crippen molar-refractivity contribution < 1.29 is 14.3 Å². The zero-order valence-corrected chi connectivity index (χ0v) is 16.0. The Morgan fingerprint density at radius 3 is 2.44 bits per heavy atom. The molecule has 1 saturated carbocycles. The van der Waals surface area contributed by atoms with Crippen LogP contribution in [0.3, 0.4) is 0 Å². The Morgan fingerprint density at radius 2 is 1.78 bits per heavy atom. The van der Waals surface area contributed by atoms with E-state index < -0.39 is 6.10 Å². The minimum atomic E-state index is -0.625. The minimum absolute atomic E-state index is 0.0228. The summed E-state index contributed by atoms with van der Waals surface area (Å²) in [6.07, 6.45) is 4.44. The molecule has 0 aliphatic heterocycles. The number of nitrogens with one attached hydrogen (secondary N) is 1. The van der Waals surface area contributed by atoms with Gasteiger partial charge in [0, 0.05) is 11.1 Å². The van der Waals surface area contributed by atoms with E-state index in [2.05, 4.69) is 17.4 Å². The highest BCUT2D eigenvalue weighted by atomic mass is 16.5. The maximum Gasteiger partial charge on any atom is 0.261 e. The molecule has 4 heteroatoms. The van der Waals surface area contributed by atoms with Gasteiger partial charge in [-0.05, 0) is 50.8 Å². The molecule has 1 aliphatic carbocycles. The van der Waals surface area contributed by atoms with Gasteiger partial charge in [0.1, 0.15) is 5.75 Å². The average molecular weight is 365 g/mol. The highest BCUT2D eigenvalue weighted by Crippen LogP contribution is 2.33. The topological polar surface area (TPSA) is 55.4 Å². The van der Waals surface area contributed by atoms with Crippen LogP contribution in [0.5, 0.6) is 5.75 Å². The van der Waals surface area contributed by atoms with E-state index >= 15 is 0 Å². The summed E-state index contributed by atoms with van der Waals surface area (Å²) in [5, 5.41) is 3.27. The SMILES string of the molecule is CC(=O)c1cccc(O[C@@H](C)C(=O)NC2(Cc3ccccc3)CCCC2)c1. The van der Waals surface area contributed by atoms with Gasteiger partial charge in [-0.3, -0.25) is 9.59 Å². The number of hydrogen-bond donors (Lipinski definition) is 1. The number of amides is 1. The molecule has 0 unspecified atom stereocenters. The van der Waals surface area contributed by atoms with Crippen LogP contribution in [0.25, 0.3) is 0 Å². The first-order valence-corrected chi connectivity index (χ1v) is 9.61. The summed E-state index contributed by atoms with van der Waals surface area (Å²) in [6, 6.07) is 17.3. The molecule has 0 heterocycles. The third-order valence-electron chi connectivity index (χ3n) is 5.26. The molecule has 0 spiro atoms. The first-order chi connectivity index (χ1) is 13.0. The van der Waals surface area contributed by atoms with Crippen LogP contribution in [0.1, 0.15) is 55.5 Å². The molecule has 0 radical (unpaired) electrons. The van der Waals surface area contributed by atoms with Gasteiger partial charge in [-0.25, -0.2) is 0 Å². The summed E-state index contributed by atoms with van der Waals surface area (Å²) in [5.74, 6) is 0.403. The lowest BCUT2D eigenvalue weighted by Crippen LogP contribution is -2.52. The van der Waals surface area contributed by atoms with Gasteiger partial charge in [-0.1, -0.05) is 55.3 Å². The molecule has 1 fully saturated rings. The number of rotatable bonds is 7. The van der Waals surface area contributed by atoms with Crippen LogP contribution >= 0.6 is 0 Å². The fourth-order valence-corrected chi connectivity index (χ4v) is 3.79. The van der Waals surface area contributed by atoms with Crippen molar-refractivity contribution >= 4 is 11.7 Å². The molecule has 1 atom stereocenters. The van der Waals surface area contributed by atoms with Crippen LogP contribution in [0.15, 0.2) is 54.6 Å². The maximum atomic E-state index is 12.8. The van der Waals surface area contributed by atoms with Crippen molar-refractivity contribution in [2.24, 2.45) is 0 Å². The second-order valence-corrected chi connectivity index (χ2v) is 7.48. The summed E-state index contributed by atoms with van der Waals surface area (Å²) in [6.45, 7) is 3.27. The monoisotopic (exact) mass is 365 g/mol. The molecule has 4 nitrogen and oxygen atoms in total. The zero-order chi connectivity index (χ0) is 19.3. The lowest BCUT2D eigenvalue weighted by molar-refractivity contribution is -0.129. The highest BCUT2D eigenvalue weighted by molar-refractivity contribution is 5.94. The van der Waals surface area contributed by atoms with E-state index in [0.717, 1.165) is 32.1 Å². The van der Waals surface area contributed by atoms with Crippen molar-refractivity contribution in [2.45, 2.75) is 57.6 Å². The Balaban J connectivity index is 1.67. The van der Waals surface area contributed by atoms with Crippen LogP contribution in [0.4, 0.5) is 0 Å². The fourth-order valence-electron chi connectivity index (χ4n) is 3.79. The third-order valence-corrected chi connectivity index (χ3v) is 5.26. The minimum Gasteiger partial charge on any atom is -0.481 e. The summed E-state index contributed by atoms with van der Waals surface area (Å²) >= 11 is 0. The zero-order valence-electron chi connectivity index (χ0n) is 16.0. The smallest absolute Gasteiger partial charge is 0.261 e. The largest absolute Gasteiger partial charge is 0.481 e. The molecule has 0 aromatic heterocycles. The summed E-state index contributed by atoms with van der Waals surface area (Å²) in [7, 11) is 0. The fraction of sp³-hybridized carbons (Fsp3) is 0.391. The van der Waals surface area contributed by atoms with Crippen molar-refractivity contribution in [3.05, 3.63) is 65.7 Å². The van der Waals surface area contributed by atoms with Gasteiger partial charge < -0.3 is 10.1 Å². The number of ether oxygens (including phenoxy) is 1. The summed E-state index contributed by atoms with van der Waals surface area (Å²) in [5.41, 5.74) is 1.62. The van der Waals surface area contributed by atoms with Gasteiger partial charge in [0.25, 0.3) is 5.91 Å². The Bertz CT molecular complexity index is 794. The number of hydrogen-bond acceptors (Lipinski definition) is 3. The molecular formula is C23H27NO3. The Morgan fingerprint density at radius 1 is 1.07 bits per heavy atom. The molecule has 142 valence electrons. The third kappa shape index (κ3) is 4.97. The van der Waals surface area contributed by atoms with Crippen LogP contribution in [0, 0.1) is 0 Å². The van der Waals surface area contributed by atoms with Gasteiger partial charge in [0.2, 0.25) is 0 Å². The van der Waals surface area contributed by atoms with Crippen molar-refractivity contribution in [3.8, 4) is 5.75 Å². The van der Waals surface area contributed by atoms with E-state index in [-0.39, 0.29) is 17.2 Å². The van der Waals surface area contributed by atoms with E-state index in [0.29, 0.717) is 11.3 Å². The summed E-state index contributed by atoms with van der Waals surface area (Å²) in [4.78, 5) is 24.3. The van der Waals surface area contributed by atoms with E-state index in [4.69, 9.17) is 4.74 Å². The number of carbonyl (C=O) groups excluding carboxylic acids is 2. The normalized spacial score (nSPS) is 16.5. The molecule has 2 aromatic rings. The molecule has 1 aliphatic rings. The average Bonchev–Trinajstić information content (AvgIpc) is 3.10. The van der Waals surface area contributed by atoms with Crippen LogP contribution in [-0.4, -0.2) is 23.3 Å². The van der Waals surface area contributed by atoms with Gasteiger partial charge in [0.15, 0.2) is 11.9 Å². The predicted octanol–water partition coefficient (Wildman–Crippen LogP) is 4.33. The second-order valence-electron chi connectivity index (χ2n) is 7.48. The molecule has 2 aromatic carbocycles. The molecule has 0 bridgehead atoms. The Hall–Kier alpha value is -2.62. The molecule has 0 saturated heterocycles. The van der Waals surface area contributed by atoms with E-state index in [9.17, 15) is 9.59 Å². The molecule has 1 amide bonds. The van der Waals surface area contributed by atoms with E-state index in [1.807, 2.05) is 18.2 Å². The Labute approximate surface area is 160 Å². The van der Waals surface area contributed by atoms with Gasteiger partial charge in [0.05, 0.1) is 0 Å². The lowest BCUT2D eigenvalue weighted by Gasteiger charge is -2.32. The van der Waals surface area contributed by atoms with Crippen LogP contribution in [-0.2, 0) is 11.2 Å². The standard InChI is InChI=1S/C23H27NO3/c1-17(25)20-11-8-12-21(15-20)27-18(2)22(26)24-23(13-6-7-14-23)16-19-9-4-3-5-10-19/h3-5,8-12,15,18H,6-7,13-14,16H2,1-2H3,(H,24,26)/t18-/m0/s1. The molecule has 3 rings (SSSR count). The van der Waals surface area contributed by atoms with Crippen molar-refractivity contribution in [1.82, 2.24) is 5.32 Å². The van der Waals surface area contributed by atoms with Crippen molar-refractivity contribution in [1.29, 1.82) is 0 Å². The number of benzene rings is 2. The van der Waals surface area contributed by atoms with Crippen LogP contribution < -0.4 is 10.1 Å². The molecule has 1 N–H and O–H groups in total.